The summed E-state index contributed by atoms with van der Waals surface area (Å²) >= 11 is 0. The molecule has 0 saturated carbocycles. The molecule has 0 aliphatic carbocycles. The van der Waals surface area contributed by atoms with Crippen LogP contribution < -0.4 is 23.2 Å². The Kier molecular flexibility index (Phi) is 6.78. The minimum Gasteiger partial charge on any atom is -1.00 e. The van der Waals surface area contributed by atoms with Gasteiger partial charge in [-0.2, -0.15) is 0 Å². The van der Waals surface area contributed by atoms with Crippen LogP contribution in [0.15, 0.2) is 39.7 Å². The maximum Gasteiger partial charge on any atom is 0.258 e. The normalized spacial score (nSPS) is 15.0. The minimum absolute atomic E-state index is 0. The van der Waals surface area contributed by atoms with E-state index < -0.39 is 0 Å². The zero-order valence-electron chi connectivity index (χ0n) is 13.3. The molecule has 1 aromatic carbocycles. The van der Waals surface area contributed by atoms with Crippen molar-refractivity contribution in [1.29, 1.82) is 0 Å². The van der Waals surface area contributed by atoms with Gasteiger partial charge in [0.05, 0.1) is 18.6 Å². The summed E-state index contributed by atoms with van der Waals surface area (Å²) in [6.45, 7) is 4.85. The number of nitrogens with one attached hydrogen (secondary N) is 1. The van der Waals surface area contributed by atoms with E-state index in [-0.39, 0.29) is 29.3 Å². The van der Waals surface area contributed by atoms with E-state index >= 15 is 0 Å². The van der Waals surface area contributed by atoms with Gasteiger partial charge in [-0.3, -0.25) is 14.5 Å². The highest BCUT2D eigenvalue weighted by molar-refractivity contribution is 5.96. The highest BCUT2D eigenvalue weighted by Crippen LogP contribution is 2.10. The number of amides is 1. The van der Waals surface area contributed by atoms with Crippen LogP contribution >= 0.6 is 0 Å². The van der Waals surface area contributed by atoms with E-state index in [2.05, 4.69) is 10.2 Å². The molecule has 1 fully saturated rings. The predicted octanol–water partition coefficient (Wildman–Crippen LogP) is -1.75. The third-order valence-corrected chi connectivity index (χ3v) is 3.97. The molecule has 0 atom stereocenters. The number of para-hydroxylation sites is 1. The van der Waals surface area contributed by atoms with Crippen LogP contribution in [0.4, 0.5) is 0 Å². The predicted molar refractivity (Wildman–Crippen MR) is 86.7 cm³/mol. The van der Waals surface area contributed by atoms with Gasteiger partial charge in [0.2, 0.25) is 5.43 Å². The van der Waals surface area contributed by atoms with Crippen molar-refractivity contribution in [3.8, 4) is 0 Å². The summed E-state index contributed by atoms with van der Waals surface area (Å²) in [5.74, 6) is -0.383. The molecule has 1 aliphatic rings. The van der Waals surface area contributed by atoms with Crippen molar-refractivity contribution in [1.82, 2.24) is 10.2 Å². The zero-order chi connectivity index (χ0) is 16.1. The largest absolute Gasteiger partial charge is 1.00 e. The standard InChI is InChI=1S/C17H20N2O4.ClH/c20-16-13-4-1-2-5-15(13)23-12-14(16)17(21)18-6-3-7-19-8-10-22-11-9-19;/h1-2,4-5,12H,3,6-11H2,(H,18,21);1H/p-1. The lowest BCUT2D eigenvalue weighted by molar-refractivity contribution is -0.0000149. The minimum atomic E-state index is -0.383. The van der Waals surface area contributed by atoms with Crippen LogP contribution in [0.2, 0.25) is 0 Å². The Morgan fingerprint density at radius 2 is 1.96 bits per heavy atom. The Hall–Kier alpha value is -1.89. The second-order valence-corrected chi connectivity index (χ2v) is 5.54. The quantitative estimate of drug-likeness (QED) is 0.647. The maximum absolute atomic E-state index is 12.3. The molecular formula is C17H20ClN2O4-. The number of hydrogen-bond acceptors (Lipinski definition) is 5. The number of ether oxygens (including phenoxy) is 1. The van der Waals surface area contributed by atoms with Gasteiger partial charge in [-0.1, -0.05) is 12.1 Å². The van der Waals surface area contributed by atoms with Crippen molar-refractivity contribution < 1.29 is 26.4 Å². The highest BCUT2D eigenvalue weighted by atomic mass is 35.5. The van der Waals surface area contributed by atoms with Crippen LogP contribution in [0.1, 0.15) is 16.8 Å². The summed E-state index contributed by atoms with van der Waals surface area (Å²) in [6.07, 6.45) is 2.08. The van der Waals surface area contributed by atoms with Crippen LogP contribution in [-0.2, 0) is 4.74 Å². The highest BCUT2D eigenvalue weighted by Gasteiger charge is 2.14. The molecule has 1 aromatic heterocycles. The van der Waals surface area contributed by atoms with Gasteiger partial charge in [0.1, 0.15) is 17.4 Å². The summed E-state index contributed by atoms with van der Waals surface area (Å²) in [7, 11) is 0. The lowest BCUT2D eigenvalue weighted by Crippen LogP contribution is -3.00. The van der Waals surface area contributed by atoms with Crippen molar-refractivity contribution in [3.63, 3.8) is 0 Å². The molecule has 0 radical (unpaired) electrons. The lowest BCUT2D eigenvalue weighted by atomic mass is 10.1. The third kappa shape index (κ3) is 4.35. The Morgan fingerprint density at radius 3 is 2.75 bits per heavy atom. The molecule has 1 aliphatic heterocycles. The van der Waals surface area contributed by atoms with Crippen LogP contribution in [0.25, 0.3) is 11.0 Å². The lowest BCUT2D eigenvalue weighted by Gasteiger charge is -2.26. The van der Waals surface area contributed by atoms with Crippen molar-refractivity contribution in [2.75, 3.05) is 39.4 Å². The Bertz CT molecular complexity index is 741. The molecule has 3 rings (SSSR count). The van der Waals surface area contributed by atoms with Crippen LogP contribution in [0.5, 0.6) is 0 Å². The SMILES string of the molecule is O=C(NCCCN1CCOCC1)c1coc2ccccc2c1=O.[Cl-]. The van der Waals surface area contributed by atoms with Crippen LogP contribution in [0, 0.1) is 0 Å². The number of halogens is 1. The number of carbonyl (C=O) groups is 1. The average molecular weight is 352 g/mol. The van der Waals surface area contributed by atoms with Crippen LogP contribution in [0.3, 0.4) is 0 Å². The summed E-state index contributed by atoms with van der Waals surface area (Å²) in [5, 5.41) is 3.21. The van der Waals surface area contributed by atoms with Gasteiger partial charge in [-0.05, 0) is 25.1 Å². The Labute approximate surface area is 146 Å². The first-order valence-corrected chi connectivity index (χ1v) is 7.84. The Morgan fingerprint density at radius 1 is 1.21 bits per heavy atom. The number of carbonyl (C=O) groups excluding carboxylic acids is 1. The molecule has 6 nitrogen and oxygen atoms in total. The molecule has 7 heteroatoms. The molecule has 0 spiro atoms. The van der Waals surface area contributed by atoms with Gasteiger partial charge in [-0.15, -0.1) is 0 Å². The average Bonchev–Trinajstić information content (AvgIpc) is 2.60. The van der Waals surface area contributed by atoms with E-state index in [1.807, 2.05) is 0 Å². The van der Waals surface area contributed by atoms with E-state index in [0.717, 1.165) is 39.3 Å². The second kappa shape index (κ2) is 8.82. The number of benzene rings is 1. The number of morpholine rings is 1. The number of nitrogens with zero attached hydrogens (tertiary/aromatic N) is 1. The van der Waals surface area contributed by atoms with Crippen molar-refractivity contribution in [3.05, 3.63) is 46.3 Å². The molecule has 1 amide bonds. The van der Waals surface area contributed by atoms with E-state index in [0.29, 0.717) is 17.5 Å². The van der Waals surface area contributed by atoms with Gasteiger partial charge >= 0.3 is 0 Å². The molecule has 0 bridgehead atoms. The molecule has 2 heterocycles. The number of hydrogen-bond donors (Lipinski definition) is 1. The molecular weight excluding hydrogens is 332 g/mol. The van der Waals surface area contributed by atoms with E-state index in [4.69, 9.17) is 9.15 Å². The molecule has 130 valence electrons. The summed E-state index contributed by atoms with van der Waals surface area (Å²) in [6, 6.07) is 6.91. The van der Waals surface area contributed by atoms with Crippen molar-refractivity contribution >= 4 is 16.9 Å². The fourth-order valence-electron chi connectivity index (χ4n) is 2.66. The summed E-state index contributed by atoms with van der Waals surface area (Å²) in [4.78, 5) is 26.8. The van der Waals surface area contributed by atoms with Crippen LogP contribution in [-0.4, -0.2) is 50.2 Å². The first-order chi connectivity index (χ1) is 11.3. The summed E-state index contributed by atoms with van der Waals surface area (Å²) < 4.78 is 10.7. The number of rotatable bonds is 5. The maximum atomic E-state index is 12.3. The van der Waals surface area contributed by atoms with Gasteiger partial charge < -0.3 is 26.9 Å². The zero-order valence-corrected chi connectivity index (χ0v) is 14.1. The smallest absolute Gasteiger partial charge is 0.258 e. The van der Waals surface area contributed by atoms with Gasteiger partial charge in [-0.25, -0.2) is 0 Å². The Balaban J connectivity index is 0.00000208. The van der Waals surface area contributed by atoms with E-state index in [1.165, 1.54) is 6.26 Å². The monoisotopic (exact) mass is 351 g/mol. The van der Waals surface area contributed by atoms with Crippen molar-refractivity contribution in [2.45, 2.75) is 6.42 Å². The first-order valence-electron chi connectivity index (χ1n) is 7.84. The van der Waals surface area contributed by atoms with Crippen molar-refractivity contribution in [2.24, 2.45) is 0 Å². The molecule has 24 heavy (non-hydrogen) atoms. The topological polar surface area (TPSA) is 71.8 Å². The summed E-state index contributed by atoms with van der Waals surface area (Å²) in [5.41, 5.74) is 0.244. The molecule has 1 N–H and O–H groups in total. The first kappa shape index (κ1) is 18.4. The van der Waals surface area contributed by atoms with E-state index in [9.17, 15) is 9.59 Å². The number of fused-ring (bicyclic) bond motifs is 1. The van der Waals surface area contributed by atoms with Gasteiger partial charge in [0.25, 0.3) is 5.91 Å². The fraction of sp³-hybridized carbons (Fsp3) is 0.412. The van der Waals surface area contributed by atoms with E-state index in [1.54, 1.807) is 24.3 Å². The third-order valence-electron chi connectivity index (χ3n) is 3.97. The molecule has 0 unspecified atom stereocenters. The second-order valence-electron chi connectivity index (χ2n) is 5.54. The van der Waals surface area contributed by atoms with Gasteiger partial charge in [0.15, 0.2) is 0 Å². The molecule has 1 saturated heterocycles. The molecule has 2 aromatic rings. The van der Waals surface area contributed by atoms with Gasteiger partial charge in [0, 0.05) is 19.6 Å². The fourth-order valence-corrected chi connectivity index (χ4v) is 2.66.